The van der Waals surface area contributed by atoms with Crippen molar-refractivity contribution >= 4 is 0 Å². The van der Waals surface area contributed by atoms with E-state index in [0.29, 0.717) is 6.54 Å². The molecular weight excluding hydrogens is 312 g/mol. The minimum Gasteiger partial charge on any atom is -0.329 e. The van der Waals surface area contributed by atoms with Gasteiger partial charge in [0.05, 0.1) is 12.6 Å². The van der Waals surface area contributed by atoms with E-state index in [-0.39, 0.29) is 6.04 Å². The third-order valence-corrected chi connectivity index (χ3v) is 4.84. The molecule has 25 heavy (non-hydrogen) atoms. The summed E-state index contributed by atoms with van der Waals surface area (Å²) in [5.74, 6) is 3.20. The molecule has 6 heteroatoms. The lowest BCUT2D eigenvalue weighted by Gasteiger charge is -2.19. The SMILES string of the molecule is C[C@H](NCc1nccn1Cc1ccccc1)c1nnc2n1CCCC2. The van der Waals surface area contributed by atoms with Crippen molar-refractivity contribution in [1.82, 2.24) is 29.6 Å². The molecule has 1 aliphatic rings. The van der Waals surface area contributed by atoms with Crippen LogP contribution in [0.3, 0.4) is 0 Å². The average molecular weight is 336 g/mol. The van der Waals surface area contributed by atoms with Gasteiger partial charge in [0.2, 0.25) is 0 Å². The van der Waals surface area contributed by atoms with E-state index < -0.39 is 0 Å². The zero-order valence-corrected chi connectivity index (χ0v) is 14.6. The molecule has 0 amide bonds. The Morgan fingerprint density at radius 3 is 2.92 bits per heavy atom. The second-order valence-electron chi connectivity index (χ2n) is 6.64. The van der Waals surface area contributed by atoms with Crippen molar-refractivity contribution in [2.24, 2.45) is 0 Å². The lowest BCUT2D eigenvalue weighted by molar-refractivity contribution is 0.459. The molecule has 3 heterocycles. The van der Waals surface area contributed by atoms with Gasteiger partial charge >= 0.3 is 0 Å². The minimum absolute atomic E-state index is 0.154. The van der Waals surface area contributed by atoms with Gasteiger partial charge < -0.3 is 14.5 Å². The molecule has 1 atom stereocenters. The zero-order chi connectivity index (χ0) is 17.1. The first-order valence-electron chi connectivity index (χ1n) is 9.00. The van der Waals surface area contributed by atoms with Crippen molar-refractivity contribution < 1.29 is 0 Å². The van der Waals surface area contributed by atoms with Crippen molar-refractivity contribution in [3.05, 3.63) is 65.8 Å². The molecule has 0 spiro atoms. The van der Waals surface area contributed by atoms with Crippen molar-refractivity contribution in [2.75, 3.05) is 0 Å². The van der Waals surface area contributed by atoms with Crippen LogP contribution in [0.5, 0.6) is 0 Å². The van der Waals surface area contributed by atoms with Crippen LogP contribution in [0.15, 0.2) is 42.7 Å². The molecule has 1 aromatic carbocycles. The van der Waals surface area contributed by atoms with E-state index in [4.69, 9.17) is 0 Å². The maximum Gasteiger partial charge on any atom is 0.149 e. The summed E-state index contributed by atoms with van der Waals surface area (Å²) in [5, 5.41) is 12.3. The third kappa shape index (κ3) is 3.49. The largest absolute Gasteiger partial charge is 0.329 e. The summed E-state index contributed by atoms with van der Waals surface area (Å²) in [6.45, 7) is 4.73. The standard InChI is InChI=1S/C19H24N6/c1-15(19-23-22-17-9-5-6-11-25(17)19)21-13-18-20-10-12-24(18)14-16-7-3-2-4-8-16/h2-4,7-8,10,12,15,21H,5-6,9,11,13-14H2,1H3/t15-/m0/s1. The summed E-state index contributed by atoms with van der Waals surface area (Å²) >= 11 is 0. The van der Waals surface area contributed by atoms with Crippen molar-refractivity contribution in [3.8, 4) is 0 Å². The number of hydrogen-bond acceptors (Lipinski definition) is 4. The molecule has 0 unspecified atom stereocenters. The van der Waals surface area contributed by atoms with Crippen molar-refractivity contribution in [2.45, 2.75) is 51.9 Å². The van der Waals surface area contributed by atoms with Gasteiger partial charge in [-0.05, 0) is 25.3 Å². The third-order valence-electron chi connectivity index (χ3n) is 4.84. The van der Waals surface area contributed by atoms with E-state index in [0.717, 1.165) is 37.0 Å². The van der Waals surface area contributed by atoms with E-state index in [2.05, 4.69) is 60.8 Å². The molecule has 1 aliphatic heterocycles. The summed E-state index contributed by atoms with van der Waals surface area (Å²) in [6, 6.07) is 10.6. The topological polar surface area (TPSA) is 60.6 Å². The lowest BCUT2D eigenvalue weighted by atomic mass is 10.1. The quantitative estimate of drug-likeness (QED) is 0.752. The van der Waals surface area contributed by atoms with E-state index in [1.54, 1.807) is 0 Å². The first-order chi connectivity index (χ1) is 12.3. The number of hydrogen-bond donors (Lipinski definition) is 1. The molecule has 4 rings (SSSR count). The summed E-state index contributed by atoms with van der Waals surface area (Å²) < 4.78 is 4.46. The van der Waals surface area contributed by atoms with Crippen molar-refractivity contribution in [3.63, 3.8) is 0 Å². The maximum atomic E-state index is 4.51. The Labute approximate surface area is 147 Å². The van der Waals surface area contributed by atoms with Gasteiger partial charge in [0, 0.05) is 31.9 Å². The molecule has 3 aromatic rings. The predicted octanol–water partition coefficient (Wildman–Crippen LogP) is 2.71. The molecule has 0 fully saturated rings. The second-order valence-corrected chi connectivity index (χ2v) is 6.64. The van der Waals surface area contributed by atoms with Gasteiger partial charge in [-0.15, -0.1) is 10.2 Å². The van der Waals surface area contributed by atoms with Crippen LogP contribution in [-0.4, -0.2) is 24.3 Å². The number of nitrogens with zero attached hydrogens (tertiary/aromatic N) is 5. The van der Waals surface area contributed by atoms with Crippen LogP contribution >= 0.6 is 0 Å². The number of nitrogens with one attached hydrogen (secondary N) is 1. The Bertz CT molecular complexity index is 820. The highest BCUT2D eigenvalue weighted by atomic mass is 15.3. The predicted molar refractivity (Wildman–Crippen MR) is 96.0 cm³/mol. The average Bonchev–Trinajstić information content (AvgIpc) is 3.27. The summed E-state index contributed by atoms with van der Waals surface area (Å²) in [7, 11) is 0. The molecule has 130 valence electrons. The van der Waals surface area contributed by atoms with Gasteiger partial charge in [0.1, 0.15) is 17.5 Å². The fourth-order valence-corrected chi connectivity index (χ4v) is 3.42. The van der Waals surface area contributed by atoms with Gasteiger partial charge in [-0.25, -0.2) is 4.98 Å². The van der Waals surface area contributed by atoms with Crippen LogP contribution in [0.2, 0.25) is 0 Å². The number of benzene rings is 1. The second kappa shape index (κ2) is 7.19. The van der Waals surface area contributed by atoms with Crippen LogP contribution in [0.25, 0.3) is 0 Å². The molecule has 0 saturated carbocycles. The first-order valence-corrected chi connectivity index (χ1v) is 9.00. The van der Waals surface area contributed by atoms with Crippen LogP contribution in [0, 0.1) is 0 Å². The fourth-order valence-electron chi connectivity index (χ4n) is 3.42. The van der Waals surface area contributed by atoms with E-state index in [9.17, 15) is 0 Å². The molecule has 0 bridgehead atoms. The van der Waals surface area contributed by atoms with E-state index in [1.807, 2.05) is 18.5 Å². The lowest BCUT2D eigenvalue weighted by Crippen LogP contribution is -2.25. The van der Waals surface area contributed by atoms with Gasteiger partial charge in [-0.1, -0.05) is 30.3 Å². The van der Waals surface area contributed by atoms with Gasteiger partial charge in [-0.3, -0.25) is 0 Å². The minimum atomic E-state index is 0.154. The Balaban J connectivity index is 1.42. The molecule has 6 nitrogen and oxygen atoms in total. The number of imidazole rings is 1. The number of fused-ring (bicyclic) bond motifs is 1. The van der Waals surface area contributed by atoms with Crippen LogP contribution in [0.1, 0.15) is 48.8 Å². The Kier molecular flexibility index (Phi) is 4.61. The van der Waals surface area contributed by atoms with Gasteiger partial charge in [0.25, 0.3) is 0 Å². The van der Waals surface area contributed by atoms with Gasteiger partial charge in [0.15, 0.2) is 0 Å². The molecule has 2 aromatic heterocycles. The Hall–Kier alpha value is -2.47. The molecule has 1 N–H and O–H groups in total. The van der Waals surface area contributed by atoms with Crippen LogP contribution in [-0.2, 0) is 26.1 Å². The summed E-state index contributed by atoms with van der Waals surface area (Å²) in [5.41, 5.74) is 1.28. The maximum absolute atomic E-state index is 4.51. The van der Waals surface area contributed by atoms with E-state index >= 15 is 0 Å². The normalized spacial score (nSPS) is 15.1. The number of aromatic nitrogens is 5. The Morgan fingerprint density at radius 2 is 2.04 bits per heavy atom. The number of rotatable bonds is 6. The van der Waals surface area contributed by atoms with Gasteiger partial charge in [-0.2, -0.15) is 0 Å². The molecular formula is C19H24N6. The first kappa shape index (κ1) is 16.0. The van der Waals surface area contributed by atoms with E-state index in [1.165, 1.54) is 18.4 Å². The monoisotopic (exact) mass is 336 g/mol. The van der Waals surface area contributed by atoms with Crippen LogP contribution < -0.4 is 5.32 Å². The fraction of sp³-hybridized carbons (Fsp3) is 0.421. The highest BCUT2D eigenvalue weighted by Gasteiger charge is 2.20. The van der Waals surface area contributed by atoms with Crippen molar-refractivity contribution in [1.29, 1.82) is 0 Å². The Morgan fingerprint density at radius 1 is 1.16 bits per heavy atom. The smallest absolute Gasteiger partial charge is 0.149 e. The highest BCUT2D eigenvalue weighted by molar-refractivity contribution is 5.16. The number of aryl methyl sites for hydroxylation is 1. The molecule has 0 aliphatic carbocycles. The summed E-state index contributed by atoms with van der Waals surface area (Å²) in [6.07, 6.45) is 7.38. The zero-order valence-electron chi connectivity index (χ0n) is 14.6. The molecule has 0 radical (unpaired) electrons. The summed E-state index contributed by atoms with van der Waals surface area (Å²) in [4.78, 5) is 4.51. The molecule has 0 saturated heterocycles. The van der Waals surface area contributed by atoms with Crippen LogP contribution in [0.4, 0.5) is 0 Å². The highest BCUT2D eigenvalue weighted by Crippen LogP contribution is 2.19.